The summed E-state index contributed by atoms with van der Waals surface area (Å²) in [5.41, 5.74) is 2.89. The van der Waals surface area contributed by atoms with Gasteiger partial charge in [-0.1, -0.05) is 31.2 Å². The molecule has 94 valence electrons. The molecule has 1 heterocycles. The molecule has 0 aliphatic heterocycles. The molecule has 0 saturated carbocycles. The molecule has 0 spiro atoms. The van der Waals surface area contributed by atoms with E-state index in [1.807, 2.05) is 12.1 Å². The maximum atomic E-state index is 10.7. The number of rotatable bonds is 4. The number of carboxylic acids is 1. The number of hydrogen-bond donors (Lipinski definition) is 1. The van der Waals surface area contributed by atoms with Crippen molar-refractivity contribution in [3.8, 4) is 10.6 Å². The molecule has 0 saturated heterocycles. The van der Waals surface area contributed by atoms with Crippen LogP contribution in [0, 0.1) is 0 Å². The molecule has 1 aromatic carbocycles. The normalized spacial score (nSPS) is 10.6. The first kappa shape index (κ1) is 13.2. The summed E-state index contributed by atoms with van der Waals surface area (Å²) in [5, 5.41) is 9.63. The van der Waals surface area contributed by atoms with Gasteiger partial charge in [-0.25, -0.2) is 4.98 Å². The number of aliphatic carboxylic acids is 1. The Morgan fingerprint density at radius 3 is 2.61 bits per heavy atom. The maximum Gasteiger partial charge on any atom is 0.309 e. The van der Waals surface area contributed by atoms with Gasteiger partial charge in [-0.05, 0) is 27.9 Å². The molecule has 0 fully saturated rings. The van der Waals surface area contributed by atoms with Crippen LogP contribution in [-0.2, 0) is 17.6 Å². The lowest BCUT2D eigenvalue weighted by molar-refractivity contribution is -0.136. The van der Waals surface area contributed by atoms with E-state index in [0.29, 0.717) is 5.69 Å². The van der Waals surface area contributed by atoms with Gasteiger partial charge in [-0.15, -0.1) is 11.3 Å². The molecule has 3 nitrogen and oxygen atoms in total. The van der Waals surface area contributed by atoms with Crippen molar-refractivity contribution in [1.29, 1.82) is 0 Å². The van der Waals surface area contributed by atoms with Gasteiger partial charge in [-0.2, -0.15) is 0 Å². The standard InChI is InChI=1S/C13H12BrNO2S/c1-2-8-3-5-9(6-4-8)13-15-10(7-11(16)17)12(14)18-13/h3-6H,2,7H2,1H3,(H,16,17). The maximum absolute atomic E-state index is 10.7. The van der Waals surface area contributed by atoms with Gasteiger partial charge in [0.1, 0.15) is 5.01 Å². The summed E-state index contributed by atoms with van der Waals surface area (Å²) in [7, 11) is 0. The van der Waals surface area contributed by atoms with E-state index in [0.717, 1.165) is 20.8 Å². The van der Waals surface area contributed by atoms with Crippen LogP contribution in [0.3, 0.4) is 0 Å². The van der Waals surface area contributed by atoms with Crippen molar-refractivity contribution in [3.05, 3.63) is 39.3 Å². The van der Waals surface area contributed by atoms with Crippen molar-refractivity contribution < 1.29 is 9.90 Å². The fourth-order valence-electron chi connectivity index (χ4n) is 1.59. The molecule has 0 amide bonds. The second kappa shape index (κ2) is 5.63. The predicted molar refractivity (Wildman–Crippen MR) is 76.0 cm³/mol. The predicted octanol–water partition coefficient (Wildman–Crippen LogP) is 3.76. The highest BCUT2D eigenvalue weighted by Gasteiger charge is 2.13. The average molecular weight is 326 g/mol. The minimum Gasteiger partial charge on any atom is -0.481 e. The van der Waals surface area contributed by atoms with Gasteiger partial charge in [-0.3, -0.25) is 4.79 Å². The third kappa shape index (κ3) is 2.97. The largest absolute Gasteiger partial charge is 0.481 e. The molecule has 2 rings (SSSR count). The highest BCUT2D eigenvalue weighted by molar-refractivity contribution is 9.11. The molecule has 2 aromatic rings. The number of aromatic nitrogens is 1. The first-order valence-electron chi connectivity index (χ1n) is 5.56. The van der Waals surface area contributed by atoms with Crippen LogP contribution in [0.4, 0.5) is 0 Å². The van der Waals surface area contributed by atoms with E-state index in [1.165, 1.54) is 16.9 Å². The Hall–Kier alpha value is -1.20. The lowest BCUT2D eigenvalue weighted by Gasteiger charge is -1.98. The van der Waals surface area contributed by atoms with Gasteiger partial charge in [0.25, 0.3) is 0 Å². The van der Waals surface area contributed by atoms with Crippen LogP contribution in [0.1, 0.15) is 18.2 Å². The van der Waals surface area contributed by atoms with Gasteiger partial charge < -0.3 is 5.11 Å². The van der Waals surface area contributed by atoms with Gasteiger partial charge in [0.05, 0.1) is 15.9 Å². The second-order valence-electron chi connectivity index (χ2n) is 3.86. The van der Waals surface area contributed by atoms with Crippen molar-refractivity contribution in [2.24, 2.45) is 0 Å². The number of carbonyl (C=O) groups is 1. The topological polar surface area (TPSA) is 50.2 Å². The Balaban J connectivity index is 2.30. The summed E-state index contributed by atoms with van der Waals surface area (Å²) >= 11 is 4.83. The minimum absolute atomic E-state index is 0.0515. The molecule has 0 bridgehead atoms. The minimum atomic E-state index is -0.867. The summed E-state index contributed by atoms with van der Waals surface area (Å²) in [6.07, 6.45) is 0.955. The molecule has 1 N–H and O–H groups in total. The van der Waals surface area contributed by atoms with Crippen molar-refractivity contribution in [2.75, 3.05) is 0 Å². The monoisotopic (exact) mass is 325 g/mol. The highest BCUT2D eigenvalue weighted by atomic mass is 79.9. The summed E-state index contributed by atoms with van der Waals surface area (Å²) in [4.78, 5) is 15.1. The summed E-state index contributed by atoms with van der Waals surface area (Å²) in [6, 6.07) is 8.19. The lowest BCUT2D eigenvalue weighted by Crippen LogP contribution is -2.00. The first-order chi connectivity index (χ1) is 8.60. The van der Waals surface area contributed by atoms with E-state index in [4.69, 9.17) is 5.11 Å². The number of hydrogen-bond acceptors (Lipinski definition) is 3. The highest BCUT2D eigenvalue weighted by Crippen LogP contribution is 2.32. The van der Waals surface area contributed by atoms with E-state index in [-0.39, 0.29) is 6.42 Å². The van der Waals surface area contributed by atoms with E-state index < -0.39 is 5.97 Å². The molecule has 0 radical (unpaired) electrons. The van der Waals surface area contributed by atoms with Crippen LogP contribution < -0.4 is 0 Å². The molecular weight excluding hydrogens is 314 g/mol. The summed E-state index contributed by atoms with van der Waals surface area (Å²) < 4.78 is 0.791. The fraction of sp³-hybridized carbons (Fsp3) is 0.231. The Bertz CT molecular complexity index is 563. The fourth-order valence-corrected chi connectivity index (χ4v) is 3.10. The van der Waals surface area contributed by atoms with Crippen LogP contribution in [0.15, 0.2) is 28.1 Å². The molecule has 0 aliphatic carbocycles. The summed E-state index contributed by atoms with van der Waals surface area (Å²) in [6.45, 7) is 2.11. The molecule has 0 atom stereocenters. The number of benzene rings is 1. The Kier molecular flexibility index (Phi) is 4.14. The molecule has 1 aromatic heterocycles. The number of carboxylic acid groups (broad SMARTS) is 1. The van der Waals surface area contributed by atoms with Gasteiger partial charge in [0.15, 0.2) is 0 Å². The van der Waals surface area contributed by atoms with Gasteiger partial charge in [0, 0.05) is 5.56 Å². The molecule has 5 heteroatoms. The van der Waals surface area contributed by atoms with Crippen molar-refractivity contribution in [1.82, 2.24) is 4.98 Å². The quantitative estimate of drug-likeness (QED) is 0.931. The summed E-state index contributed by atoms with van der Waals surface area (Å²) in [5.74, 6) is -0.867. The van der Waals surface area contributed by atoms with Crippen molar-refractivity contribution >= 4 is 33.2 Å². The number of halogens is 1. The third-order valence-electron chi connectivity index (χ3n) is 2.58. The van der Waals surface area contributed by atoms with Crippen molar-refractivity contribution in [2.45, 2.75) is 19.8 Å². The number of thiazole rings is 1. The molecule has 18 heavy (non-hydrogen) atoms. The van der Waals surface area contributed by atoms with Crippen LogP contribution in [0.5, 0.6) is 0 Å². The van der Waals surface area contributed by atoms with Crippen LogP contribution in [-0.4, -0.2) is 16.1 Å². The second-order valence-corrected chi connectivity index (χ2v) is 6.18. The van der Waals surface area contributed by atoms with Gasteiger partial charge >= 0.3 is 5.97 Å². The van der Waals surface area contributed by atoms with Crippen LogP contribution in [0.2, 0.25) is 0 Å². The first-order valence-corrected chi connectivity index (χ1v) is 7.17. The molecular formula is C13H12BrNO2S. The SMILES string of the molecule is CCc1ccc(-c2nc(CC(=O)O)c(Br)s2)cc1. The van der Waals surface area contributed by atoms with Crippen molar-refractivity contribution in [3.63, 3.8) is 0 Å². The molecule has 0 unspecified atom stereocenters. The van der Waals surface area contributed by atoms with E-state index in [9.17, 15) is 4.79 Å². The van der Waals surface area contributed by atoms with Crippen LogP contribution in [0.25, 0.3) is 10.6 Å². The Labute approximate surface area is 118 Å². The Morgan fingerprint density at radius 2 is 2.06 bits per heavy atom. The smallest absolute Gasteiger partial charge is 0.309 e. The third-order valence-corrected chi connectivity index (χ3v) is 4.46. The van der Waals surface area contributed by atoms with E-state index >= 15 is 0 Å². The lowest BCUT2D eigenvalue weighted by atomic mass is 10.1. The number of aryl methyl sites for hydroxylation is 1. The van der Waals surface area contributed by atoms with E-state index in [1.54, 1.807) is 0 Å². The zero-order valence-corrected chi connectivity index (χ0v) is 12.2. The zero-order chi connectivity index (χ0) is 13.1. The zero-order valence-electron chi connectivity index (χ0n) is 9.81. The van der Waals surface area contributed by atoms with Gasteiger partial charge in [0.2, 0.25) is 0 Å². The number of nitrogens with zero attached hydrogens (tertiary/aromatic N) is 1. The van der Waals surface area contributed by atoms with Crippen LogP contribution >= 0.6 is 27.3 Å². The van der Waals surface area contributed by atoms with E-state index in [2.05, 4.69) is 40.0 Å². The average Bonchev–Trinajstić information content (AvgIpc) is 2.70. The molecule has 0 aliphatic rings. The Morgan fingerprint density at radius 1 is 1.39 bits per heavy atom.